The zero-order valence-electron chi connectivity index (χ0n) is 11.9. The number of hydrogen-bond acceptors (Lipinski definition) is 2. The predicted octanol–water partition coefficient (Wildman–Crippen LogP) is 3.72. The molecule has 0 radical (unpaired) electrons. The Kier molecular flexibility index (Phi) is 6.69. The summed E-state index contributed by atoms with van der Waals surface area (Å²) < 4.78 is 0. The van der Waals surface area contributed by atoms with Crippen LogP contribution in [0.3, 0.4) is 0 Å². The van der Waals surface area contributed by atoms with Crippen molar-refractivity contribution in [2.45, 2.75) is 38.8 Å². The molecule has 0 heterocycles. The molecule has 2 unspecified atom stereocenters. The van der Waals surface area contributed by atoms with Gasteiger partial charge in [0.1, 0.15) is 0 Å². The minimum Gasteiger partial charge on any atom is -0.308 e. The van der Waals surface area contributed by atoms with Gasteiger partial charge in [-0.2, -0.15) is 0 Å². The van der Waals surface area contributed by atoms with E-state index in [9.17, 15) is 0 Å². The molecule has 0 amide bonds. The van der Waals surface area contributed by atoms with Crippen molar-refractivity contribution in [1.82, 2.24) is 10.2 Å². The standard InChI is InChI=1S/C15H25ClN2/c1-5-6-15(17-11-12(2)18(3)4)13-7-9-14(16)10-8-13/h7-10,12,15,17H,5-6,11H2,1-4H3. The molecule has 0 aliphatic heterocycles. The largest absolute Gasteiger partial charge is 0.308 e. The van der Waals surface area contributed by atoms with Gasteiger partial charge in [-0.1, -0.05) is 37.1 Å². The maximum absolute atomic E-state index is 5.94. The monoisotopic (exact) mass is 268 g/mol. The van der Waals surface area contributed by atoms with Crippen molar-refractivity contribution in [1.29, 1.82) is 0 Å². The second-order valence-electron chi connectivity index (χ2n) is 5.11. The molecule has 1 N–H and O–H groups in total. The summed E-state index contributed by atoms with van der Waals surface area (Å²) >= 11 is 5.94. The van der Waals surface area contributed by atoms with Crippen molar-refractivity contribution < 1.29 is 0 Å². The second kappa shape index (κ2) is 7.78. The molecule has 0 bridgehead atoms. The molecule has 0 aliphatic rings. The van der Waals surface area contributed by atoms with Gasteiger partial charge in [-0.05, 0) is 45.1 Å². The van der Waals surface area contributed by atoms with E-state index in [1.165, 1.54) is 12.0 Å². The molecule has 1 aromatic rings. The van der Waals surface area contributed by atoms with E-state index >= 15 is 0 Å². The molecule has 3 heteroatoms. The highest BCUT2D eigenvalue weighted by atomic mass is 35.5. The molecule has 102 valence electrons. The Labute approximate surface area is 116 Å². The van der Waals surface area contributed by atoms with E-state index in [-0.39, 0.29) is 0 Å². The molecule has 0 fully saturated rings. The first-order chi connectivity index (χ1) is 8.54. The van der Waals surface area contributed by atoms with Gasteiger partial charge in [-0.25, -0.2) is 0 Å². The lowest BCUT2D eigenvalue weighted by atomic mass is 10.0. The van der Waals surface area contributed by atoms with Crippen LogP contribution in [0.4, 0.5) is 0 Å². The first kappa shape index (κ1) is 15.5. The summed E-state index contributed by atoms with van der Waals surface area (Å²) in [6.07, 6.45) is 2.33. The average Bonchev–Trinajstić information content (AvgIpc) is 2.35. The number of nitrogens with one attached hydrogen (secondary N) is 1. The highest BCUT2D eigenvalue weighted by Gasteiger charge is 2.12. The van der Waals surface area contributed by atoms with Crippen LogP contribution in [0.2, 0.25) is 5.02 Å². The normalized spacial score (nSPS) is 14.8. The molecule has 2 nitrogen and oxygen atoms in total. The highest BCUT2D eigenvalue weighted by Crippen LogP contribution is 2.20. The lowest BCUT2D eigenvalue weighted by Crippen LogP contribution is -2.37. The summed E-state index contributed by atoms with van der Waals surface area (Å²) in [5, 5.41) is 4.45. The molecule has 0 saturated heterocycles. The topological polar surface area (TPSA) is 15.3 Å². The predicted molar refractivity (Wildman–Crippen MR) is 80.3 cm³/mol. The van der Waals surface area contributed by atoms with E-state index in [2.05, 4.69) is 50.3 Å². The fourth-order valence-electron chi connectivity index (χ4n) is 1.87. The van der Waals surface area contributed by atoms with E-state index in [0.717, 1.165) is 18.0 Å². The number of rotatable bonds is 7. The zero-order valence-corrected chi connectivity index (χ0v) is 12.7. The second-order valence-corrected chi connectivity index (χ2v) is 5.55. The highest BCUT2D eigenvalue weighted by molar-refractivity contribution is 6.30. The molecule has 18 heavy (non-hydrogen) atoms. The third kappa shape index (κ3) is 4.97. The van der Waals surface area contributed by atoms with Crippen molar-refractivity contribution in [3.05, 3.63) is 34.9 Å². The van der Waals surface area contributed by atoms with Crippen LogP contribution in [0.25, 0.3) is 0 Å². The number of likely N-dealkylation sites (N-methyl/N-ethyl adjacent to an activating group) is 1. The number of nitrogens with zero attached hydrogens (tertiary/aromatic N) is 1. The smallest absolute Gasteiger partial charge is 0.0406 e. The van der Waals surface area contributed by atoms with Crippen LogP contribution in [0.5, 0.6) is 0 Å². The molecule has 0 aromatic heterocycles. The Hall–Kier alpha value is -0.570. The van der Waals surface area contributed by atoms with Crippen molar-refractivity contribution in [2.75, 3.05) is 20.6 Å². The van der Waals surface area contributed by atoms with E-state index in [4.69, 9.17) is 11.6 Å². The van der Waals surface area contributed by atoms with Crippen LogP contribution in [-0.4, -0.2) is 31.6 Å². The first-order valence-electron chi connectivity index (χ1n) is 6.69. The number of halogens is 1. The van der Waals surface area contributed by atoms with Gasteiger partial charge in [-0.3, -0.25) is 0 Å². The SMILES string of the molecule is CCCC(NCC(C)N(C)C)c1ccc(Cl)cc1. The summed E-state index contributed by atoms with van der Waals surface area (Å²) in [4.78, 5) is 2.23. The fraction of sp³-hybridized carbons (Fsp3) is 0.600. The maximum atomic E-state index is 5.94. The third-order valence-corrected chi connectivity index (χ3v) is 3.64. The molecule has 2 atom stereocenters. The van der Waals surface area contributed by atoms with Gasteiger partial charge in [0.25, 0.3) is 0 Å². The van der Waals surface area contributed by atoms with Crippen LogP contribution in [0, 0.1) is 0 Å². The van der Waals surface area contributed by atoms with Crippen LogP contribution in [-0.2, 0) is 0 Å². The first-order valence-corrected chi connectivity index (χ1v) is 7.07. The molecule has 0 saturated carbocycles. The Bertz CT molecular complexity index is 335. The van der Waals surface area contributed by atoms with Gasteiger partial charge in [0, 0.05) is 23.7 Å². The van der Waals surface area contributed by atoms with Gasteiger partial charge < -0.3 is 10.2 Å². The van der Waals surface area contributed by atoms with Crippen LogP contribution >= 0.6 is 11.6 Å². The van der Waals surface area contributed by atoms with Gasteiger partial charge in [0.15, 0.2) is 0 Å². The quantitative estimate of drug-likeness (QED) is 0.811. The Morgan fingerprint density at radius 1 is 1.22 bits per heavy atom. The molecular formula is C15H25ClN2. The molecule has 1 aromatic carbocycles. The minimum absolute atomic E-state index is 0.426. The lowest BCUT2D eigenvalue weighted by molar-refractivity contribution is 0.290. The summed E-state index contributed by atoms with van der Waals surface area (Å²) in [6.45, 7) is 5.46. The van der Waals surface area contributed by atoms with E-state index < -0.39 is 0 Å². The third-order valence-electron chi connectivity index (χ3n) is 3.39. The minimum atomic E-state index is 0.426. The summed E-state index contributed by atoms with van der Waals surface area (Å²) in [5.41, 5.74) is 1.33. The Morgan fingerprint density at radius 3 is 2.33 bits per heavy atom. The zero-order chi connectivity index (χ0) is 13.5. The summed E-state index contributed by atoms with van der Waals surface area (Å²) in [5.74, 6) is 0. The molecule has 0 aliphatic carbocycles. The van der Waals surface area contributed by atoms with E-state index in [1.54, 1.807) is 0 Å². The lowest BCUT2D eigenvalue weighted by Gasteiger charge is -2.25. The Morgan fingerprint density at radius 2 is 1.83 bits per heavy atom. The summed E-state index contributed by atoms with van der Waals surface area (Å²) in [7, 11) is 4.23. The number of benzene rings is 1. The molecular weight excluding hydrogens is 244 g/mol. The summed E-state index contributed by atoms with van der Waals surface area (Å²) in [6, 6.07) is 9.14. The van der Waals surface area contributed by atoms with Gasteiger partial charge >= 0.3 is 0 Å². The van der Waals surface area contributed by atoms with Gasteiger partial charge in [-0.15, -0.1) is 0 Å². The van der Waals surface area contributed by atoms with Crippen LogP contribution in [0.15, 0.2) is 24.3 Å². The van der Waals surface area contributed by atoms with Crippen molar-refractivity contribution in [3.8, 4) is 0 Å². The molecule has 0 spiro atoms. The molecule has 1 rings (SSSR count). The fourth-order valence-corrected chi connectivity index (χ4v) is 1.99. The van der Waals surface area contributed by atoms with Gasteiger partial charge in [0.2, 0.25) is 0 Å². The van der Waals surface area contributed by atoms with Gasteiger partial charge in [0.05, 0.1) is 0 Å². The number of hydrogen-bond donors (Lipinski definition) is 1. The van der Waals surface area contributed by atoms with Crippen LogP contribution in [0.1, 0.15) is 38.3 Å². The van der Waals surface area contributed by atoms with E-state index in [1.807, 2.05) is 12.1 Å². The van der Waals surface area contributed by atoms with Crippen molar-refractivity contribution in [3.63, 3.8) is 0 Å². The maximum Gasteiger partial charge on any atom is 0.0406 e. The van der Waals surface area contributed by atoms with Crippen molar-refractivity contribution >= 4 is 11.6 Å². The van der Waals surface area contributed by atoms with Crippen LogP contribution < -0.4 is 5.32 Å². The van der Waals surface area contributed by atoms with Crippen molar-refractivity contribution in [2.24, 2.45) is 0 Å². The average molecular weight is 269 g/mol. The van der Waals surface area contributed by atoms with E-state index in [0.29, 0.717) is 12.1 Å². The Balaban J connectivity index is 2.62.